The molecule has 3 aromatic rings. The van der Waals surface area contributed by atoms with Gasteiger partial charge >= 0.3 is 0 Å². The van der Waals surface area contributed by atoms with Gasteiger partial charge in [-0.25, -0.2) is 8.42 Å². The summed E-state index contributed by atoms with van der Waals surface area (Å²) in [5.74, 6) is -0.263. The molecule has 2 N–H and O–H groups in total. The second-order valence-corrected chi connectivity index (χ2v) is 13.5. The number of hydrogen-bond donors (Lipinski definition) is 2. The first-order valence-corrected chi connectivity index (χ1v) is 15.7. The maximum atomic E-state index is 13.7. The molecule has 0 radical (unpaired) electrons. The van der Waals surface area contributed by atoms with E-state index in [9.17, 15) is 18.0 Å². The summed E-state index contributed by atoms with van der Waals surface area (Å²) >= 11 is 7.57. The monoisotopic (exact) mass is 591 g/mol. The van der Waals surface area contributed by atoms with Crippen LogP contribution in [0.2, 0.25) is 5.02 Å². The van der Waals surface area contributed by atoms with Crippen molar-refractivity contribution in [3.63, 3.8) is 0 Å². The zero-order valence-corrected chi connectivity index (χ0v) is 23.7. The Labute approximate surface area is 235 Å². The first-order chi connectivity index (χ1) is 18.8. The number of fused-ring (bicyclic) bond motifs is 2. The van der Waals surface area contributed by atoms with E-state index in [0.29, 0.717) is 47.1 Å². The number of benzene rings is 1. The Hall–Kier alpha value is -2.64. The fourth-order valence-corrected chi connectivity index (χ4v) is 8.27. The summed E-state index contributed by atoms with van der Waals surface area (Å²) in [7, 11) is -3.90. The molecule has 3 aliphatic heterocycles. The third kappa shape index (κ3) is 5.28. The number of aryl methyl sites for hydroxylation is 1. The Morgan fingerprint density at radius 3 is 2.72 bits per heavy atom. The summed E-state index contributed by atoms with van der Waals surface area (Å²) in [6.45, 7) is 3.16. The molecule has 39 heavy (non-hydrogen) atoms. The summed E-state index contributed by atoms with van der Waals surface area (Å²) in [5, 5.41) is 4.64. The number of sulfonamides is 1. The van der Waals surface area contributed by atoms with Gasteiger partial charge < -0.3 is 24.8 Å². The standard InChI is InChI=1S/C26H30ClN5O5S2/c27-18-3-4-20-17(12-18)13-24(29-20)39(35,36)31-6-7-32(19(16-31)14-25(33)30-8-10-37-11-9-30)26(34)23-15-21-22(38-23)2-1-5-28-21/h3-4,12-13,15,19,28-29H,1-2,5-11,14,16H2. The fraction of sp³-hybridized carbons (Fsp3) is 0.462. The fourth-order valence-electron chi connectivity index (χ4n) is 5.47. The summed E-state index contributed by atoms with van der Waals surface area (Å²) < 4.78 is 34.1. The number of aromatic amines is 1. The number of nitrogens with one attached hydrogen (secondary N) is 2. The zero-order valence-electron chi connectivity index (χ0n) is 21.3. The Balaban J connectivity index is 1.27. The van der Waals surface area contributed by atoms with Crippen molar-refractivity contribution in [3.8, 4) is 0 Å². The van der Waals surface area contributed by atoms with Crippen LogP contribution in [-0.2, 0) is 26.0 Å². The number of anilines is 1. The predicted molar refractivity (Wildman–Crippen MR) is 150 cm³/mol. The van der Waals surface area contributed by atoms with Crippen LogP contribution in [0.5, 0.6) is 0 Å². The number of aromatic nitrogens is 1. The number of piperazine rings is 1. The van der Waals surface area contributed by atoms with Crippen molar-refractivity contribution in [3.05, 3.63) is 45.1 Å². The molecule has 1 aromatic carbocycles. The second kappa shape index (κ2) is 10.7. The number of halogens is 1. The third-order valence-corrected chi connectivity index (χ3v) is 10.8. The zero-order chi connectivity index (χ0) is 27.1. The van der Waals surface area contributed by atoms with Crippen molar-refractivity contribution < 1.29 is 22.7 Å². The van der Waals surface area contributed by atoms with E-state index in [1.54, 1.807) is 34.1 Å². The molecule has 0 bridgehead atoms. The highest BCUT2D eigenvalue weighted by molar-refractivity contribution is 7.89. The average molecular weight is 592 g/mol. The van der Waals surface area contributed by atoms with Crippen LogP contribution < -0.4 is 5.32 Å². The number of hydrogen-bond acceptors (Lipinski definition) is 7. The second-order valence-electron chi connectivity index (χ2n) is 10.1. The Bertz CT molecular complexity index is 1490. The van der Waals surface area contributed by atoms with Crippen LogP contribution in [0.3, 0.4) is 0 Å². The number of amides is 2. The minimum Gasteiger partial charge on any atom is -0.384 e. The van der Waals surface area contributed by atoms with Gasteiger partial charge in [0.1, 0.15) is 5.03 Å². The lowest BCUT2D eigenvalue weighted by atomic mass is 10.1. The van der Waals surface area contributed by atoms with E-state index in [1.165, 1.54) is 15.6 Å². The number of carbonyl (C=O) groups excluding carboxylic acids is 2. The lowest BCUT2D eigenvalue weighted by Crippen LogP contribution is -2.58. The van der Waals surface area contributed by atoms with Gasteiger partial charge in [0.2, 0.25) is 5.91 Å². The molecule has 10 nitrogen and oxygen atoms in total. The molecule has 0 saturated carbocycles. The number of carbonyl (C=O) groups is 2. The van der Waals surface area contributed by atoms with Crippen molar-refractivity contribution >= 4 is 61.4 Å². The van der Waals surface area contributed by atoms with Crippen LogP contribution >= 0.6 is 22.9 Å². The minimum absolute atomic E-state index is 0.0314. The summed E-state index contributed by atoms with van der Waals surface area (Å²) in [4.78, 5) is 35.2. The lowest BCUT2D eigenvalue weighted by Gasteiger charge is -2.41. The van der Waals surface area contributed by atoms with E-state index in [4.69, 9.17) is 16.3 Å². The van der Waals surface area contributed by atoms with Crippen LogP contribution in [0.4, 0.5) is 5.69 Å². The highest BCUT2D eigenvalue weighted by atomic mass is 35.5. The molecular formula is C26H30ClN5O5S2. The highest BCUT2D eigenvalue weighted by Gasteiger charge is 2.39. The molecule has 2 saturated heterocycles. The molecule has 3 aliphatic rings. The molecule has 13 heteroatoms. The molecule has 208 valence electrons. The Morgan fingerprint density at radius 1 is 1.10 bits per heavy atom. The van der Waals surface area contributed by atoms with E-state index in [0.717, 1.165) is 30.0 Å². The van der Waals surface area contributed by atoms with Crippen molar-refractivity contribution in [1.82, 2.24) is 19.1 Å². The van der Waals surface area contributed by atoms with E-state index >= 15 is 0 Å². The lowest BCUT2D eigenvalue weighted by molar-refractivity contribution is -0.136. The smallest absolute Gasteiger partial charge is 0.264 e. The first kappa shape index (κ1) is 26.6. The number of rotatable bonds is 5. The molecular weight excluding hydrogens is 562 g/mol. The Morgan fingerprint density at radius 2 is 1.92 bits per heavy atom. The number of thiophene rings is 1. The predicted octanol–water partition coefficient (Wildman–Crippen LogP) is 3.01. The number of nitrogens with zero attached hydrogens (tertiary/aromatic N) is 3. The Kier molecular flexibility index (Phi) is 7.32. The number of morpholine rings is 1. The van der Waals surface area contributed by atoms with Crippen molar-refractivity contribution in [2.24, 2.45) is 0 Å². The molecule has 6 rings (SSSR count). The first-order valence-electron chi connectivity index (χ1n) is 13.1. The minimum atomic E-state index is -3.90. The molecule has 0 spiro atoms. The SMILES string of the molecule is O=C(CC1CN(S(=O)(=O)c2cc3cc(Cl)ccc3[nH]2)CCN1C(=O)c1cc2c(s1)CCCN2)N1CCOCC1. The highest BCUT2D eigenvalue weighted by Crippen LogP contribution is 2.33. The van der Waals surface area contributed by atoms with Gasteiger partial charge in [0.15, 0.2) is 0 Å². The van der Waals surface area contributed by atoms with Gasteiger partial charge in [-0.15, -0.1) is 11.3 Å². The van der Waals surface area contributed by atoms with Gasteiger partial charge in [0.25, 0.3) is 15.9 Å². The molecule has 0 aliphatic carbocycles. The molecule has 2 fully saturated rings. The van der Waals surface area contributed by atoms with E-state index in [2.05, 4.69) is 10.3 Å². The summed E-state index contributed by atoms with van der Waals surface area (Å²) in [5.41, 5.74) is 1.66. The normalized spacial score (nSPS) is 20.6. The van der Waals surface area contributed by atoms with Gasteiger partial charge in [0.05, 0.1) is 24.1 Å². The van der Waals surface area contributed by atoms with Gasteiger partial charge in [-0.2, -0.15) is 4.31 Å². The van der Waals surface area contributed by atoms with E-state index < -0.39 is 16.1 Å². The van der Waals surface area contributed by atoms with Crippen LogP contribution in [-0.4, -0.2) is 97.8 Å². The number of H-pyrrole nitrogens is 1. The van der Waals surface area contributed by atoms with Crippen LogP contribution in [0.1, 0.15) is 27.4 Å². The van der Waals surface area contributed by atoms with Gasteiger partial charge in [0, 0.05) is 72.2 Å². The van der Waals surface area contributed by atoms with Crippen molar-refractivity contribution in [1.29, 1.82) is 0 Å². The van der Waals surface area contributed by atoms with Crippen LogP contribution in [0.25, 0.3) is 10.9 Å². The van der Waals surface area contributed by atoms with Crippen molar-refractivity contribution in [2.75, 3.05) is 57.8 Å². The van der Waals surface area contributed by atoms with Crippen LogP contribution in [0.15, 0.2) is 35.4 Å². The van der Waals surface area contributed by atoms with Crippen LogP contribution in [0, 0.1) is 0 Å². The van der Waals surface area contributed by atoms with Gasteiger partial charge in [-0.1, -0.05) is 11.6 Å². The molecule has 1 atom stereocenters. The third-order valence-electron chi connectivity index (χ3n) is 7.57. The maximum absolute atomic E-state index is 13.7. The van der Waals surface area contributed by atoms with E-state index in [1.807, 2.05) is 6.07 Å². The molecule has 1 unspecified atom stereocenters. The molecule has 2 amide bonds. The summed E-state index contributed by atoms with van der Waals surface area (Å²) in [6, 6.07) is 8.02. The quantitative estimate of drug-likeness (QED) is 0.471. The molecule has 5 heterocycles. The topological polar surface area (TPSA) is 115 Å². The molecule has 2 aromatic heterocycles. The average Bonchev–Trinajstić information content (AvgIpc) is 3.58. The van der Waals surface area contributed by atoms with Gasteiger partial charge in [-0.3, -0.25) is 9.59 Å². The van der Waals surface area contributed by atoms with E-state index in [-0.39, 0.29) is 42.9 Å². The van der Waals surface area contributed by atoms with Gasteiger partial charge in [-0.05, 0) is 43.2 Å². The maximum Gasteiger partial charge on any atom is 0.264 e. The number of ether oxygens (including phenoxy) is 1. The largest absolute Gasteiger partial charge is 0.384 e. The summed E-state index contributed by atoms with van der Waals surface area (Å²) in [6.07, 6.45) is 2.00. The van der Waals surface area contributed by atoms with Crippen molar-refractivity contribution in [2.45, 2.75) is 30.3 Å².